The molecule has 4 amide bonds. The molecule has 0 saturated carbocycles. The van der Waals surface area contributed by atoms with Crippen LogP contribution in [0.4, 0.5) is 10.7 Å². The van der Waals surface area contributed by atoms with Crippen LogP contribution in [0, 0.1) is 0 Å². The lowest BCUT2D eigenvalue weighted by Crippen LogP contribution is -2.51. The summed E-state index contributed by atoms with van der Waals surface area (Å²) >= 11 is 0. The summed E-state index contributed by atoms with van der Waals surface area (Å²) in [6, 6.07) is 12.0. The number of nitrogens with zero attached hydrogens (tertiary/aromatic N) is 4. The third-order valence-electron chi connectivity index (χ3n) is 7.17. The highest BCUT2D eigenvalue weighted by Crippen LogP contribution is 2.24. The molecule has 2 bridgehead atoms. The van der Waals surface area contributed by atoms with Gasteiger partial charge in [-0.1, -0.05) is 6.07 Å². The Morgan fingerprint density at radius 3 is 2.29 bits per heavy atom. The minimum absolute atomic E-state index is 0.136. The monoisotopic (exact) mass is 560 g/mol. The fourth-order valence-electron chi connectivity index (χ4n) is 5.04. The average Bonchev–Trinajstić information content (AvgIpc) is 3.29. The van der Waals surface area contributed by atoms with Crippen LogP contribution < -0.4 is 10.6 Å². The lowest BCUT2D eigenvalue weighted by Gasteiger charge is -2.35. The predicted molar refractivity (Wildman–Crippen MR) is 154 cm³/mol. The van der Waals surface area contributed by atoms with Crippen LogP contribution >= 0.6 is 0 Å². The van der Waals surface area contributed by atoms with Gasteiger partial charge in [0.25, 0.3) is 17.7 Å². The minimum Gasteiger partial charge on any atom is -0.444 e. The number of nitrogens with one attached hydrogen (secondary N) is 2. The maximum Gasteiger partial charge on any atom is 0.410 e. The van der Waals surface area contributed by atoms with E-state index in [1.807, 2.05) is 31.4 Å². The van der Waals surface area contributed by atoms with Crippen LogP contribution in [0.25, 0.3) is 11.0 Å². The molecular weight excluding hydrogens is 524 g/mol. The summed E-state index contributed by atoms with van der Waals surface area (Å²) in [5.74, 6) is -0.310. The Morgan fingerprint density at radius 1 is 0.854 bits per heavy atom. The molecule has 2 N–H and O–H groups in total. The Kier molecular flexibility index (Phi) is 7.96. The minimum atomic E-state index is -0.573. The van der Waals surface area contributed by atoms with E-state index in [-0.39, 0.29) is 23.8 Å². The van der Waals surface area contributed by atoms with Gasteiger partial charge in [-0.15, -0.1) is 0 Å². The molecule has 0 radical (unpaired) electrons. The molecule has 2 aliphatic heterocycles. The first-order valence-electron chi connectivity index (χ1n) is 14.1. The van der Waals surface area contributed by atoms with Crippen molar-refractivity contribution in [2.75, 3.05) is 38.0 Å². The molecule has 0 aliphatic carbocycles. The second-order valence-electron chi connectivity index (χ2n) is 11.4. The molecule has 5 rings (SSSR count). The van der Waals surface area contributed by atoms with Crippen molar-refractivity contribution in [1.29, 1.82) is 0 Å². The highest BCUT2D eigenvalue weighted by atomic mass is 16.6. The largest absolute Gasteiger partial charge is 0.444 e. The number of hydrogen-bond donors (Lipinski definition) is 2. The Hall–Kier alpha value is -4.41. The highest BCUT2D eigenvalue weighted by molar-refractivity contribution is 6.06. The van der Waals surface area contributed by atoms with Gasteiger partial charge in [0, 0.05) is 56.0 Å². The molecule has 1 fully saturated rings. The standard InChI is InChI=1S/C30H36N6O5/c1-30(2,3)41-29(40)35-16-14-34(15-17-35)27(39)22-10-11-24-23(19-22)32-28-33-26(38)21-9-7-8-20(18-21)25(37)31-12-5-4-6-13-36(24)28/h7-11,18-19H,4-6,12-17H2,1-3H3,(H,31,37)(H,32,33,38). The molecule has 11 nitrogen and oxygen atoms in total. The van der Waals surface area contributed by atoms with Crippen molar-refractivity contribution >= 4 is 40.8 Å². The lowest BCUT2D eigenvalue weighted by atomic mass is 10.1. The Bertz CT molecular complexity index is 1480. The molecule has 41 heavy (non-hydrogen) atoms. The zero-order valence-corrected chi connectivity index (χ0v) is 23.7. The summed E-state index contributed by atoms with van der Waals surface area (Å²) in [6.45, 7) is 8.28. The van der Waals surface area contributed by atoms with E-state index in [1.165, 1.54) is 0 Å². The van der Waals surface area contributed by atoms with E-state index in [0.717, 1.165) is 24.8 Å². The molecule has 1 aromatic heterocycles. The van der Waals surface area contributed by atoms with Gasteiger partial charge in [-0.3, -0.25) is 19.7 Å². The number of rotatable bonds is 1. The van der Waals surface area contributed by atoms with Crippen LogP contribution in [0.1, 0.15) is 71.1 Å². The number of fused-ring (bicyclic) bond motifs is 5. The quantitative estimate of drug-likeness (QED) is 0.465. The second kappa shape index (κ2) is 11.6. The van der Waals surface area contributed by atoms with Crippen molar-refractivity contribution in [3.05, 3.63) is 59.2 Å². The van der Waals surface area contributed by atoms with E-state index in [9.17, 15) is 19.2 Å². The van der Waals surface area contributed by atoms with Crippen molar-refractivity contribution in [2.24, 2.45) is 0 Å². The molecule has 0 atom stereocenters. The third-order valence-corrected chi connectivity index (χ3v) is 7.17. The average molecular weight is 561 g/mol. The fraction of sp³-hybridized carbons (Fsp3) is 0.433. The van der Waals surface area contributed by atoms with Crippen molar-refractivity contribution < 1.29 is 23.9 Å². The van der Waals surface area contributed by atoms with E-state index in [0.29, 0.717) is 67.4 Å². The molecule has 3 heterocycles. The highest BCUT2D eigenvalue weighted by Gasteiger charge is 2.28. The van der Waals surface area contributed by atoms with Crippen LogP contribution in [0.2, 0.25) is 0 Å². The fourth-order valence-corrected chi connectivity index (χ4v) is 5.04. The first-order valence-corrected chi connectivity index (χ1v) is 14.1. The van der Waals surface area contributed by atoms with Gasteiger partial charge in [-0.05, 0) is 76.4 Å². The molecule has 1 saturated heterocycles. The van der Waals surface area contributed by atoms with Crippen LogP contribution in [-0.4, -0.2) is 81.5 Å². The van der Waals surface area contributed by atoms with E-state index in [1.54, 1.807) is 46.2 Å². The number of carbonyl (C=O) groups excluding carboxylic acids is 4. The van der Waals surface area contributed by atoms with E-state index in [4.69, 9.17) is 9.72 Å². The number of carbonyl (C=O) groups is 4. The SMILES string of the molecule is CC(C)(C)OC(=O)N1CCN(C(=O)c2ccc3c(c2)nc2n3CCCCCNC(=O)c3cccc(c3)C(=O)N2)CC1. The van der Waals surface area contributed by atoms with Crippen LogP contribution in [0.3, 0.4) is 0 Å². The normalized spacial score (nSPS) is 16.9. The maximum atomic E-state index is 13.4. The number of hydrogen-bond acceptors (Lipinski definition) is 6. The van der Waals surface area contributed by atoms with E-state index in [2.05, 4.69) is 10.6 Å². The zero-order chi connectivity index (χ0) is 29.1. The Morgan fingerprint density at radius 2 is 1.56 bits per heavy atom. The summed E-state index contributed by atoms with van der Waals surface area (Å²) in [6.07, 6.45) is 2.18. The molecule has 0 spiro atoms. The van der Waals surface area contributed by atoms with Gasteiger partial charge in [-0.25, -0.2) is 9.78 Å². The van der Waals surface area contributed by atoms with Crippen molar-refractivity contribution in [3.63, 3.8) is 0 Å². The molecule has 216 valence electrons. The second-order valence-corrected chi connectivity index (χ2v) is 11.4. The van der Waals surface area contributed by atoms with E-state index < -0.39 is 5.60 Å². The Labute approximate surface area is 238 Å². The summed E-state index contributed by atoms with van der Waals surface area (Å²) in [5.41, 5.74) is 2.13. The maximum absolute atomic E-state index is 13.4. The number of ether oxygens (including phenoxy) is 1. The summed E-state index contributed by atoms with van der Waals surface area (Å²) < 4.78 is 7.42. The topological polar surface area (TPSA) is 126 Å². The van der Waals surface area contributed by atoms with Gasteiger partial charge in [0.1, 0.15) is 5.60 Å². The lowest BCUT2D eigenvalue weighted by molar-refractivity contribution is 0.0141. The predicted octanol–water partition coefficient (Wildman–Crippen LogP) is 3.90. The van der Waals surface area contributed by atoms with Crippen LogP contribution in [0.5, 0.6) is 0 Å². The number of anilines is 1. The van der Waals surface area contributed by atoms with Gasteiger partial charge in [0.05, 0.1) is 11.0 Å². The van der Waals surface area contributed by atoms with Crippen molar-refractivity contribution in [3.8, 4) is 0 Å². The van der Waals surface area contributed by atoms with Crippen molar-refractivity contribution in [2.45, 2.75) is 52.2 Å². The molecule has 0 unspecified atom stereocenters. The third kappa shape index (κ3) is 6.50. The van der Waals surface area contributed by atoms with Gasteiger partial charge < -0.3 is 24.4 Å². The first-order chi connectivity index (χ1) is 19.6. The number of imidazole rings is 1. The molecular formula is C30H36N6O5. The number of amides is 4. The summed E-state index contributed by atoms with van der Waals surface area (Å²) in [5, 5.41) is 5.82. The summed E-state index contributed by atoms with van der Waals surface area (Å²) in [4.78, 5) is 59.4. The Balaban J connectivity index is 1.35. The van der Waals surface area contributed by atoms with Gasteiger partial charge in [0.2, 0.25) is 5.95 Å². The van der Waals surface area contributed by atoms with Gasteiger partial charge in [0.15, 0.2) is 0 Å². The number of benzene rings is 2. The molecule has 2 aromatic carbocycles. The van der Waals surface area contributed by atoms with Gasteiger partial charge in [-0.2, -0.15) is 0 Å². The van der Waals surface area contributed by atoms with Gasteiger partial charge >= 0.3 is 6.09 Å². The number of aromatic nitrogens is 2. The first kappa shape index (κ1) is 28.1. The summed E-state index contributed by atoms with van der Waals surface area (Å²) in [7, 11) is 0. The van der Waals surface area contributed by atoms with Crippen LogP contribution in [0.15, 0.2) is 42.5 Å². The molecule has 11 heteroatoms. The van der Waals surface area contributed by atoms with Crippen molar-refractivity contribution in [1.82, 2.24) is 24.7 Å². The number of aryl methyl sites for hydroxylation is 1. The van der Waals surface area contributed by atoms with E-state index >= 15 is 0 Å². The smallest absolute Gasteiger partial charge is 0.410 e. The molecule has 3 aromatic rings. The number of piperazine rings is 1. The van der Waals surface area contributed by atoms with Crippen LogP contribution in [-0.2, 0) is 11.3 Å². The molecule has 2 aliphatic rings. The zero-order valence-electron chi connectivity index (χ0n) is 23.7.